The van der Waals surface area contributed by atoms with Crippen LogP contribution in [-0.2, 0) is 6.54 Å². The van der Waals surface area contributed by atoms with E-state index in [0.29, 0.717) is 11.3 Å². The van der Waals surface area contributed by atoms with E-state index in [4.69, 9.17) is 0 Å². The molecule has 0 bridgehead atoms. The highest BCUT2D eigenvalue weighted by Crippen LogP contribution is 2.24. The number of aromatic nitrogens is 2. The molecule has 0 aliphatic carbocycles. The van der Waals surface area contributed by atoms with Gasteiger partial charge in [0.2, 0.25) is 0 Å². The van der Waals surface area contributed by atoms with Gasteiger partial charge in [0.15, 0.2) is 0 Å². The van der Waals surface area contributed by atoms with Gasteiger partial charge in [-0.25, -0.2) is 4.98 Å². The minimum Gasteiger partial charge on any atom is -0.348 e. The molecule has 0 aromatic carbocycles. The first kappa shape index (κ1) is 12.2. The van der Waals surface area contributed by atoms with Gasteiger partial charge in [0.05, 0.1) is 12.0 Å². The highest BCUT2D eigenvalue weighted by molar-refractivity contribution is 5.07. The van der Waals surface area contributed by atoms with Crippen LogP contribution in [0.1, 0.15) is 39.1 Å². The summed E-state index contributed by atoms with van der Waals surface area (Å²) in [5.41, 5.74) is 2.61. The second-order valence-electron chi connectivity index (χ2n) is 5.22. The van der Waals surface area contributed by atoms with Crippen LogP contribution in [-0.4, -0.2) is 16.5 Å². The van der Waals surface area contributed by atoms with E-state index < -0.39 is 0 Å². The zero-order chi connectivity index (χ0) is 11.5. The second-order valence-corrected chi connectivity index (χ2v) is 5.22. The predicted octanol–water partition coefficient (Wildman–Crippen LogP) is 2.49. The maximum atomic E-state index is 4.26. The highest BCUT2D eigenvalue weighted by atomic mass is 14.9. The molecule has 1 aromatic rings. The number of imidazole rings is 1. The summed E-state index contributed by atoms with van der Waals surface area (Å²) in [5.74, 6) is 0.685. The average Bonchev–Trinajstić information content (AvgIpc) is 2.51. The fourth-order valence-electron chi connectivity index (χ4n) is 1.27. The van der Waals surface area contributed by atoms with Gasteiger partial charge in [-0.3, -0.25) is 0 Å². The molecule has 0 radical (unpaired) electrons. The van der Waals surface area contributed by atoms with Crippen LogP contribution < -0.4 is 5.32 Å². The van der Waals surface area contributed by atoms with Crippen LogP contribution in [0, 0.1) is 18.3 Å². The van der Waals surface area contributed by atoms with Crippen molar-refractivity contribution >= 4 is 0 Å². The van der Waals surface area contributed by atoms with Gasteiger partial charge in [-0.15, -0.1) is 0 Å². The Morgan fingerprint density at radius 2 is 2.13 bits per heavy atom. The zero-order valence-corrected chi connectivity index (χ0v) is 10.5. The van der Waals surface area contributed by atoms with E-state index in [0.717, 1.165) is 24.5 Å². The number of hydrogen-bond donors (Lipinski definition) is 2. The maximum absolute atomic E-state index is 4.26. The van der Waals surface area contributed by atoms with Crippen LogP contribution in [0.3, 0.4) is 0 Å². The summed E-state index contributed by atoms with van der Waals surface area (Å²) >= 11 is 0. The Bertz CT molecular complexity index is 300. The Labute approximate surface area is 92.7 Å². The fourth-order valence-corrected chi connectivity index (χ4v) is 1.27. The van der Waals surface area contributed by atoms with Crippen molar-refractivity contribution in [3.63, 3.8) is 0 Å². The Morgan fingerprint density at radius 3 is 2.60 bits per heavy atom. The van der Waals surface area contributed by atoms with Crippen LogP contribution in [0.25, 0.3) is 0 Å². The summed E-state index contributed by atoms with van der Waals surface area (Å²) in [4.78, 5) is 7.35. The molecule has 2 N–H and O–H groups in total. The van der Waals surface area contributed by atoms with Gasteiger partial charge in [-0.2, -0.15) is 0 Å². The molecule has 0 aliphatic rings. The zero-order valence-electron chi connectivity index (χ0n) is 10.5. The van der Waals surface area contributed by atoms with Crippen molar-refractivity contribution in [2.24, 2.45) is 11.3 Å². The minimum atomic E-state index is 0.338. The molecular formula is C12H23N3. The summed E-state index contributed by atoms with van der Waals surface area (Å²) in [7, 11) is 0. The molecule has 0 saturated heterocycles. The van der Waals surface area contributed by atoms with Crippen molar-refractivity contribution in [2.45, 2.75) is 41.2 Å². The van der Waals surface area contributed by atoms with Crippen LogP contribution in [0.4, 0.5) is 0 Å². The molecule has 0 aliphatic heterocycles. The monoisotopic (exact) mass is 209 g/mol. The van der Waals surface area contributed by atoms with Gasteiger partial charge in [-0.1, -0.05) is 27.7 Å². The third kappa shape index (κ3) is 3.34. The molecular weight excluding hydrogens is 186 g/mol. The van der Waals surface area contributed by atoms with Crippen LogP contribution in [0.5, 0.6) is 0 Å². The Balaban J connectivity index is 2.37. The maximum Gasteiger partial charge on any atom is 0.0925 e. The van der Waals surface area contributed by atoms with Crippen molar-refractivity contribution < 1.29 is 0 Å². The van der Waals surface area contributed by atoms with Gasteiger partial charge >= 0.3 is 0 Å². The van der Waals surface area contributed by atoms with Gasteiger partial charge in [0.1, 0.15) is 0 Å². The van der Waals surface area contributed by atoms with Crippen molar-refractivity contribution in [3.8, 4) is 0 Å². The summed E-state index contributed by atoms with van der Waals surface area (Å²) in [6, 6.07) is 0. The molecule has 1 heterocycles. The smallest absolute Gasteiger partial charge is 0.0925 e. The molecule has 0 spiro atoms. The van der Waals surface area contributed by atoms with E-state index in [1.165, 1.54) is 0 Å². The van der Waals surface area contributed by atoms with E-state index in [1.807, 2.05) is 0 Å². The van der Waals surface area contributed by atoms with Crippen LogP contribution >= 0.6 is 0 Å². The lowest BCUT2D eigenvalue weighted by Gasteiger charge is -2.29. The number of nitrogens with one attached hydrogen (secondary N) is 2. The topological polar surface area (TPSA) is 40.7 Å². The number of aromatic amines is 1. The molecule has 0 atom stereocenters. The van der Waals surface area contributed by atoms with Gasteiger partial charge in [0, 0.05) is 18.8 Å². The lowest BCUT2D eigenvalue weighted by molar-refractivity contribution is 0.237. The number of H-pyrrole nitrogens is 1. The first-order valence-corrected chi connectivity index (χ1v) is 5.63. The second kappa shape index (κ2) is 4.79. The van der Waals surface area contributed by atoms with Crippen molar-refractivity contribution in [2.75, 3.05) is 6.54 Å². The largest absolute Gasteiger partial charge is 0.348 e. The van der Waals surface area contributed by atoms with Crippen molar-refractivity contribution in [1.29, 1.82) is 0 Å². The lowest BCUT2D eigenvalue weighted by atomic mass is 9.81. The highest BCUT2D eigenvalue weighted by Gasteiger charge is 2.21. The lowest BCUT2D eigenvalue weighted by Crippen LogP contribution is -2.33. The van der Waals surface area contributed by atoms with E-state index in [9.17, 15) is 0 Å². The molecule has 86 valence electrons. The first-order chi connectivity index (χ1) is 6.93. The van der Waals surface area contributed by atoms with Crippen molar-refractivity contribution in [1.82, 2.24) is 15.3 Å². The van der Waals surface area contributed by atoms with Gasteiger partial charge in [-0.05, 0) is 18.3 Å². The summed E-state index contributed by atoms with van der Waals surface area (Å²) in [6.07, 6.45) is 1.75. The summed E-state index contributed by atoms with van der Waals surface area (Å²) in [6.45, 7) is 13.0. The first-order valence-electron chi connectivity index (χ1n) is 5.63. The normalized spacial score (nSPS) is 12.4. The molecule has 0 amide bonds. The van der Waals surface area contributed by atoms with Gasteiger partial charge in [0.25, 0.3) is 0 Å². The molecule has 3 heteroatoms. The number of rotatable bonds is 5. The Hall–Kier alpha value is -0.830. The van der Waals surface area contributed by atoms with E-state index in [-0.39, 0.29) is 0 Å². The number of aryl methyl sites for hydroxylation is 1. The van der Waals surface area contributed by atoms with Gasteiger partial charge < -0.3 is 10.3 Å². The third-order valence-corrected chi connectivity index (χ3v) is 3.37. The Kier molecular flexibility index (Phi) is 3.91. The van der Waals surface area contributed by atoms with E-state index in [2.05, 4.69) is 49.9 Å². The fraction of sp³-hybridized carbons (Fsp3) is 0.750. The predicted molar refractivity (Wildman–Crippen MR) is 63.7 cm³/mol. The summed E-state index contributed by atoms with van der Waals surface area (Å²) < 4.78 is 0. The van der Waals surface area contributed by atoms with Crippen molar-refractivity contribution in [3.05, 3.63) is 17.7 Å². The quantitative estimate of drug-likeness (QED) is 0.782. The molecule has 15 heavy (non-hydrogen) atoms. The molecule has 1 rings (SSSR count). The van der Waals surface area contributed by atoms with Crippen LogP contribution in [0.15, 0.2) is 6.33 Å². The minimum absolute atomic E-state index is 0.338. The molecule has 3 nitrogen and oxygen atoms in total. The molecule has 0 unspecified atom stereocenters. The van der Waals surface area contributed by atoms with E-state index >= 15 is 0 Å². The SMILES string of the molecule is Cc1[nH]cnc1CNCC(C)(C)C(C)C. The molecule has 0 fully saturated rings. The summed E-state index contributed by atoms with van der Waals surface area (Å²) in [5, 5.41) is 3.47. The standard InChI is InChI=1S/C12H23N3/c1-9(2)12(4,5)7-13-6-11-10(3)14-8-15-11/h8-9,13H,6-7H2,1-5H3,(H,14,15). The average molecular weight is 209 g/mol. The number of hydrogen-bond acceptors (Lipinski definition) is 2. The number of nitrogens with zero attached hydrogens (tertiary/aromatic N) is 1. The molecule has 0 saturated carbocycles. The van der Waals surface area contributed by atoms with Crippen LogP contribution in [0.2, 0.25) is 0 Å². The Morgan fingerprint density at radius 1 is 1.47 bits per heavy atom. The molecule has 1 aromatic heterocycles. The van der Waals surface area contributed by atoms with E-state index in [1.54, 1.807) is 6.33 Å². The third-order valence-electron chi connectivity index (χ3n) is 3.37.